The number of rotatable bonds is 4. The summed E-state index contributed by atoms with van der Waals surface area (Å²) in [7, 11) is 0. The highest BCUT2D eigenvalue weighted by Gasteiger charge is 2.51. The lowest BCUT2D eigenvalue weighted by Crippen LogP contribution is -2.46. The van der Waals surface area contributed by atoms with E-state index in [1.807, 2.05) is 0 Å². The standard InChI is InChI=1S/C20H20F5N5O/c1-19(31,20(23,24)25)11-2-5-17-27-9-16(30(17)10-11)14-4-3-13(22)18(28-14)29-15-8-26-7-6-12(15)21/h2-5,9-10,12,15,26,31H,6-8H2,1H3,(H,28,29)/t12-,15-,19+/m0/s1. The lowest BCUT2D eigenvalue weighted by molar-refractivity contribution is -0.259. The summed E-state index contributed by atoms with van der Waals surface area (Å²) in [6, 6.07) is 4.31. The van der Waals surface area contributed by atoms with E-state index in [1.54, 1.807) is 0 Å². The van der Waals surface area contributed by atoms with Gasteiger partial charge in [0.1, 0.15) is 11.8 Å². The molecule has 0 bridgehead atoms. The summed E-state index contributed by atoms with van der Waals surface area (Å²) in [5.74, 6) is -0.849. The quantitative estimate of drug-likeness (QED) is 0.541. The number of alkyl halides is 4. The Morgan fingerprint density at radius 1 is 1.23 bits per heavy atom. The van der Waals surface area contributed by atoms with E-state index in [0.29, 0.717) is 25.7 Å². The van der Waals surface area contributed by atoms with Gasteiger partial charge < -0.3 is 15.7 Å². The van der Waals surface area contributed by atoms with Crippen molar-refractivity contribution in [1.82, 2.24) is 19.7 Å². The highest BCUT2D eigenvalue weighted by Crippen LogP contribution is 2.38. The Bertz CT molecular complexity index is 1100. The zero-order chi connectivity index (χ0) is 22.4. The first kappa shape index (κ1) is 21.4. The van der Waals surface area contributed by atoms with Gasteiger partial charge in [0.15, 0.2) is 17.2 Å². The minimum absolute atomic E-state index is 0.165. The number of nitrogens with one attached hydrogen (secondary N) is 2. The number of imidazole rings is 1. The van der Waals surface area contributed by atoms with E-state index in [-0.39, 0.29) is 29.2 Å². The third kappa shape index (κ3) is 3.94. The number of aliphatic hydroxyl groups is 1. The first-order valence-corrected chi connectivity index (χ1v) is 9.63. The second-order valence-corrected chi connectivity index (χ2v) is 7.65. The first-order chi connectivity index (χ1) is 14.6. The number of hydrogen-bond acceptors (Lipinski definition) is 5. The van der Waals surface area contributed by atoms with Crippen molar-refractivity contribution < 1.29 is 27.1 Å². The maximum atomic E-state index is 14.3. The van der Waals surface area contributed by atoms with Gasteiger partial charge in [-0.15, -0.1) is 0 Å². The van der Waals surface area contributed by atoms with Gasteiger partial charge in [0.05, 0.1) is 23.6 Å². The van der Waals surface area contributed by atoms with E-state index in [9.17, 15) is 27.1 Å². The molecule has 1 aliphatic heterocycles. The fourth-order valence-electron chi connectivity index (χ4n) is 3.45. The van der Waals surface area contributed by atoms with E-state index in [0.717, 1.165) is 18.3 Å². The molecule has 0 unspecified atom stereocenters. The molecule has 166 valence electrons. The van der Waals surface area contributed by atoms with E-state index in [1.165, 1.54) is 22.7 Å². The molecule has 0 radical (unpaired) electrons. The number of hydrogen-bond donors (Lipinski definition) is 3. The first-order valence-electron chi connectivity index (χ1n) is 9.63. The maximum Gasteiger partial charge on any atom is 0.421 e. The second kappa shape index (κ2) is 7.72. The van der Waals surface area contributed by atoms with Crippen molar-refractivity contribution in [2.45, 2.75) is 37.3 Å². The van der Waals surface area contributed by atoms with E-state index in [4.69, 9.17) is 0 Å². The summed E-state index contributed by atoms with van der Waals surface area (Å²) in [6.07, 6.45) is -3.27. The summed E-state index contributed by atoms with van der Waals surface area (Å²) in [4.78, 5) is 8.34. The van der Waals surface area contributed by atoms with Crippen LogP contribution in [0.5, 0.6) is 0 Å². The predicted molar refractivity (Wildman–Crippen MR) is 104 cm³/mol. The molecule has 4 rings (SSSR count). The summed E-state index contributed by atoms with van der Waals surface area (Å²) in [5, 5.41) is 15.8. The number of anilines is 1. The number of nitrogens with zero attached hydrogens (tertiary/aromatic N) is 3. The lowest BCUT2D eigenvalue weighted by atomic mass is 9.97. The molecule has 3 aromatic rings. The van der Waals surface area contributed by atoms with Gasteiger partial charge in [-0.2, -0.15) is 13.2 Å². The summed E-state index contributed by atoms with van der Waals surface area (Å²) in [5.41, 5.74) is -2.63. The van der Waals surface area contributed by atoms with Gasteiger partial charge >= 0.3 is 6.18 Å². The molecule has 0 aromatic carbocycles. The van der Waals surface area contributed by atoms with Crippen LogP contribution in [-0.4, -0.2) is 51.0 Å². The molecule has 1 fully saturated rings. The van der Waals surface area contributed by atoms with Crippen molar-refractivity contribution in [2.24, 2.45) is 0 Å². The molecule has 0 saturated carbocycles. The van der Waals surface area contributed by atoms with Crippen LogP contribution < -0.4 is 10.6 Å². The zero-order valence-electron chi connectivity index (χ0n) is 16.4. The highest BCUT2D eigenvalue weighted by molar-refractivity contribution is 5.62. The molecule has 1 aliphatic rings. The van der Waals surface area contributed by atoms with Crippen LogP contribution in [0.2, 0.25) is 0 Å². The molecular weight excluding hydrogens is 421 g/mol. The van der Waals surface area contributed by atoms with Crippen molar-refractivity contribution in [2.75, 3.05) is 18.4 Å². The molecule has 0 amide bonds. The Kier molecular flexibility index (Phi) is 5.34. The van der Waals surface area contributed by atoms with Crippen molar-refractivity contribution in [3.05, 3.63) is 48.0 Å². The molecule has 11 heteroatoms. The van der Waals surface area contributed by atoms with Crippen LogP contribution >= 0.6 is 0 Å². The van der Waals surface area contributed by atoms with Crippen LogP contribution in [0.1, 0.15) is 18.9 Å². The van der Waals surface area contributed by atoms with Crippen LogP contribution in [0.15, 0.2) is 36.7 Å². The molecule has 4 heterocycles. The SMILES string of the molecule is C[C@@](O)(c1ccc2ncc(-c3ccc(F)c(N[C@H]4CNCC[C@@H]4F)n3)n2c1)C(F)(F)F. The average molecular weight is 441 g/mol. The van der Waals surface area contributed by atoms with Gasteiger partial charge in [0.25, 0.3) is 0 Å². The van der Waals surface area contributed by atoms with Crippen LogP contribution in [-0.2, 0) is 5.60 Å². The Morgan fingerprint density at radius 2 is 2.00 bits per heavy atom. The second-order valence-electron chi connectivity index (χ2n) is 7.65. The fourth-order valence-corrected chi connectivity index (χ4v) is 3.45. The normalized spacial score (nSPS) is 21.8. The van der Waals surface area contributed by atoms with Crippen LogP contribution in [0.4, 0.5) is 27.8 Å². The molecule has 1 saturated heterocycles. The zero-order valence-corrected chi connectivity index (χ0v) is 16.4. The Labute approximate surface area is 174 Å². The lowest BCUT2D eigenvalue weighted by Gasteiger charge is -2.28. The predicted octanol–water partition coefficient (Wildman–Crippen LogP) is 3.42. The summed E-state index contributed by atoms with van der Waals surface area (Å²) >= 11 is 0. The van der Waals surface area contributed by atoms with Crippen molar-refractivity contribution in [3.63, 3.8) is 0 Å². The van der Waals surface area contributed by atoms with E-state index >= 15 is 0 Å². The Morgan fingerprint density at radius 3 is 2.71 bits per heavy atom. The molecule has 6 nitrogen and oxygen atoms in total. The minimum Gasteiger partial charge on any atom is -0.376 e. The average Bonchev–Trinajstić information content (AvgIpc) is 3.13. The van der Waals surface area contributed by atoms with E-state index < -0.39 is 29.8 Å². The number of halogens is 5. The third-order valence-corrected chi connectivity index (χ3v) is 5.45. The highest BCUT2D eigenvalue weighted by atomic mass is 19.4. The minimum atomic E-state index is -4.89. The van der Waals surface area contributed by atoms with Gasteiger partial charge in [0, 0.05) is 18.3 Å². The fraction of sp³-hybridized carbons (Fsp3) is 0.400. The van der Waals surface area contributed by atoms with Gasteiger partial charge in [-0.25, -0.2) is 18.7 Å². The van der Waals surface area contributed by atoms with Crippen molar-refractivity contribution in [3.8, 4) is 11.4 Å². The summed E-state index contributed by atoms with van der Waals surface area (Å²) in [6.45, 7) is 1.49. The third-order valence-electron chi connectivity index (χ3n) is 5.45. The molecule has 0 spiro atoms. The van der Waals surface area contributed by atoms with Crippen molar-refractivity contribution >= 4 is 11.5 Å². The van der Waals surface area contributed by atoms with E-state index in [2.05, 4.69) is 20.6 Å². The van der Waals surface area contributed by atoms with Crippen LogP contribution in [0.25, 0.3) is 17.0 Å². The molecule has 0 aliphatic carbocycles. The number of aromatic nitrogens is 3. The molecular formula is C20H20F5N5O. The molecule has 3 N–H and O–H groups in total. The monoisotopic (exact) mass is 441 g/mol. The largest absolute Gasteiger partial charge is 0.421 e. The smallest absolute Gasteiger partial charge is 0.376 e. The number of pyridine rings is 2. The van der Waals surface area contributed by atoms with Crippen molar-refractivity contribution in [1.29, 1.82) is 0 Å². The number of piperidine rings is 1. The van der Waals surface area contributed by atoms with Gasteiger partial charge in [-0.3, -0.25) is 4.40 Å². The topological polar surface area (TPSA) is 74.5 Å². The molecule has 3 atom stereocenters. The molecule has 31 heavy (non-hydrogen) atoms. The maximum absolute atomic E-state index is 14.3. The van der Waals surface area contributed by atoms with Crippen LogP contribution in [0.3, 0.4) is 0 Å². The van der Waals surface area contributed by atoms with Gasteiger partial charge in [-0.1, -0.05) is 6.07 Å². The summed E-state index contributed by atoms with van der Waals surface area (Å²) < 4.78 is 69.5. The Balaban J connectivity index is 1.72. The van der Waals surface area contributed by atoms with Crippen LogP contribution in [0, 0.1) is 5.82 Å². The Hall–Kier alpha value is -2.79. The molecule has 3 aromatic heterocycles. The van der Waals surface area contributed by atoms with Gasteiger partial charge in [0.2, 0.25) is 0 Å². The van der Waals surface area contributed by atoms with Gasteiger partial charge in [-0.05, 0) is 38.1 Å². The number of fused-ring (bicyclic) bond motifs is 1.